The third kappa shape index (κ3) is 4.57. The number of amides is 1. The van der Waals surface area contributed by atoms with Crippen molar-refractivity contribution in [1.82, 2.24) is 15.5 Å². The lowest BCUT2D eigenvalue weighted by Gasteiger charge is -2.06. The number of aryl methyl sites for hydroxylation is 3. The molecule has 0 bridgehead atoms. The van der Waals surface area contributed by atoms with E-state index in [0.717, 1.165) is 36.4 Å². The number of aromatic nitrogens is 2. The van der Waals surface area contributed by atoms with Gasteiger partial charge in [-0.1, -0.05) is 23.4 Å². The van der Waals surface area contributed by atoms with Gasteiger partial charge in [-0.3, -0.25) is 9.78 Å². The minimum absolute atomic E-state index is 0.0572. The van der Waals surface area contributed by atoms with E-state index in [1.165, 1.54) is 11.1 Å². The van der Waals surface area contributed by atoms with Crippen molar-refractivity contribution in [3.8, 4) is 0 Å². The number of nitrogens with zero attached hydrogens (tertiary/aromatic N) is 2. The van der Waals surface area contributed by atoms with Crippen molar-refractivity contribution in [2.24, 2.45) is 0 Å². The highest BCUT2D eigenvalue weighted by atomic mass is 16.5. The quantitative estimate of drug-likeness (QED) is 0.709. The normalized spacial score (nSPS) is 10.7. The Morgan fingerprint density at radius 3 is 2.50 bits per heavy atom. The molecule has 0 aliphatic carbocycles. The molecule has 2 heterocycles. The molecule has 0 atom stereocenters. The lowest BCUT2D eigenvalue weighted by molar-refractivity contribution is 0.0954. The summed E-state index contributed by atoms with van der Waals surface area (Å²) in [6.07, 6.45) is 4.27. The van der Waals surface area contributed by atoms with Crippen molar-refractivity contribution in [1.29, 1.82) is 0 Å². The number of rotatable bonds is 7. The molecule has 0 saturated heterocycles. The molecule has 5 nitrogen and oxygen atoms in total. The van der Waals surface area contributed by atoms with Crippen molar-refractivity contribution in [3.63, 3.8) is 0 Å². The van der Waals surface area contributed by atoms with Gasteiger partial charge in [0, 0.05) is 36.0 Å². The van der Waals surface area contributed by atoms with Crippen LogP contribution in [-0.4, -0.2) is 22.6 Å². The van der Waals surface area contributed by atoms with Crippen LogP contribution in [0.25, 0.3) is 0 Å². The zero-order valence-corrected chi connectivity index (χ0v) is 15.2. The molecule has 1 aromatic carbocycles. The minimum atomic E-state index is -0.0572. The van der Waals surface area contributed by atoms with Gasteiger partial charge in [0.05, 0.1) is 5.69 Å². The molecule has 0 saturated carbocycles. The molecule has 26 heavy (non-hydrogen) atoms. The van der Waals surface area contributed by atoms with Crippen LogP contribution in [0.3, 0.4) is 0 Å². The fraction of sp³-hybridized carbons (Fsp3) is 0.286. The average Bonchev–Trinajstić information content (AvgIpc) is 2.99. The first-order chi connectivity index (χ1) is 12.6. The lowest BCUT2D eigenvalue weighted by Crippen LogP contribution is -2.25. The summed E-state index contributed by atoms with van der Waals surface area (Å²) in [5.74, 6) is 0.824. The highest BCUT2D eigenvalue weighted by Gasteiger charge is 2.09. The minimum Gasteiger partial charge on any atom is -0.361 e. The van der Waals surface area contributed by atoms with E-state index in [4.69, 9.17) is 4.52 Å². The molecule has 1 amide bonds. The molecule has 0 aliphatic heterocycles. The molecule has 2 aromatic heterocycles. The van der Waals surface area contributed by atoms with E-state index < -0.39 is 0 Å². The number of nitrogens with one attached hydrogen (secondary N) is 1. The van der Waals surface area contributed by atoms with Gasteiger partial charge in [-0.05, 0) is 56.5 Å². The molecule has 0 radical (unpaired) electrons. The zero-order valence-electron chi connectivity index (χ0n) is 15.2. The lowest BCUT2D eigenvalue weighted by atomic mass is 10.0. The van der Waals surface area contributed by atoms with Crippen LogP contribution in [0.2, 0.25) is 0 Å². The van der Waals surface area contributed by atoms with E-state index >= 15 is 0 Å². The molecule has 3 rings (SSSR count). The van der Waals surface area contributed by atoms with E-state index in [1.54, 1.807) is 6.20 Å². The Kier molecular flexibility index (Phi) is 5.79. The van der Waals surface area contributed by atoms with E-state index in [1.807, 2.05) is 56.3 Å². The van der Waals surface area contributed by atoms with Gasteiger partial charge in [0.2, 0.25) is 0 Å². The number of benzene rings is 1. The Morgan fingerprint density at radius 2 is 1.85 bits per heavy atom. The van der Waals surface area contributed by atoms with Crippen molar-refractivity contribution in [3.05, 3.63) is 82.5 Å². The molecular formula is C21H23N3O2. The topological polar surface area (TPSA) is 68.0 Å². The predicted octanol–water partition coefficient (Wildman–Crippen LogP) is 3.44. The number of hydrogen-bond acceptors (Lipinski definition) is 4. The van der Waals surface area contributed by atoms with Gasteiger partial charge in [0.15, 0.2) is 0 Å². The second-order valence-corrected chi connectivity index (χ2v) is 6.33. The SMILES string of the molecule is Cc1noc(C)c1CCc1ccc(C(=O)NCCc2ccccn2)cc1. The Hall–Kier alpha value is -2.95. The first-order valence-electron chi connectivity index (χ1n) is 8.82. The molecule has 0 spiro atoms. The first kappa shape index (κ1) is 17.9. The Bertz CT molecular complexity index is 835. The van der Waals surface area contributed by atoms with E-state index in [0.29, 0.717) is 12.1 Å². The summed E-state index contributed by atoms with van der Waals surface area (Å²) in [4.78, 5) is 16.5. The third-order valence-corrected chi connectivity index (χ3v) is 4.45. The largest absolute Gasteiger partial charge is 0.361 e. The van der Waals surface area contributed by atoms with Crippen molar-refractivity contribution in [2.75, 3.05) is 6.54 Å². The number of pyridine rings is 1. The maximum Gasteiger partial charge on any atom is 0.251 e. The Balaban J connectivity index is 1.49. The van der Waals surface area contributed by atoms with Gasteiger partial charge in [-0.15, -0.1) is 0 Å². The second kappa shape index (κ2) is 8.43. The fourth-order valence-corrected chi connectivity index (χ4v) is 2.90. The molecule has 0 aliphatic rings. The second-order valence-electron chi connectivity index (χ2n) is 6.33. The van der Waals surface area contributed by atoms with Crippen molar-refractivity contribution in [2.45, 2.75) is 33.1 Å². The van der Waals surface area contributed by atoms with Crippen LogP contribution in [0, 0.1) is 13.8 Å². The summed E-state index contributed by atoms with van der Waals surface area (Å²) in [6.45, 7) is 4.47. The highest BCUT2D eigenvalue weighted by Crippen LogP contribution is 2.16. The molecule has 0 fully saturated rings. The molecule has 0 unspecified atom stereocenters. The van der Waals surface area contributed by atoms with E-state index in [2.05, 4.69) is 15.5 Å². The van der Waals surface area contributed by atoms with E-state index in [9.17, 15) is 4.79 Å². The number of hydrogen-bond donors (Lipinski definition) is 1. The van der Waals surface area contributed by atoms with Gasteiger partial charge < -0.3 is 9.84 Å². The van der Waals surface area contributed by atoms with Crippen LogP contribution in [0.5, 0.6) is 0 Å². The van der Waals surface area contributed by atoms with E-state index in [-0.39, 0.29) is 5.91 Å². The van der Waals surface area contributed by atoms with Crippen LogP contribution in [0.15, 0.2) is 53.2 Å². The fourth-order valence-electron chi connectivity index (χ4n) is 2.90. The molecular weight excluding hydrogens is 326 g/mol. The number of carbonyl (C=O) groups excluding carboxylic acids is 1. The van der Waals surface area contributed by atoms with Gasteiger partial charge in [0.25, 0.3) is 5.91 Å². The molecule has 1 N–H and O–H groups in total. The van der Waals surface area contributed by atoms with Crippen LogP contribution >= 0.6 is 0 Å². The highest BCUT2D eigenvalue weighted by molar-refractivity contribution is 5.94. The first-order valence-corrected chi connectivity index (χ1v) is 8.82. The zero-order chi connectivity index (χ0) is 18.4. The smallest absolute Gasteiger partial charge is 0.251 e. The van der Waals surface area contributed by atoms with Crippen LogP contribution < -0.4 is 5.32 Å². The molecule has 5 heteroatoms. The van der Waals surface area contributed by atoms with Crippen molar-refractivity contribution >= 4 is 5.91 Å². The average molecular weight is 349 g/mol. The Labute approximate surface area is 153 Å². The summed E-state index contributed by atoms with van der Waals surface area (Å²) in [5.41, 5.74) is 4.96. The summed E-state index contributed by atoms with van der Waals surface area (Å²) in [7, 11) is 0. The summed E-state index contributed by atoms with van der Waals surface area (Å²) in [5, 5.41) is 6.92. The monoisotopic (exact) mass is 349 g/mol. The summed E-state index contributed by atoms with van der Waals surface area (Å²) < 4.78 is 5.20. The van der Waals surface area contributed by atoms with Gasteiger partial charge in [0.1, 0.15) is 5.76 Å². The molecule has 134 valence electrons. The van der Waals surface area contributed by atoms with Crippen LogP contribution in [-0.2, 0) is 19.3 Å². The third-order valence-electron chi connectivity index (χ3n) is 4.45. The summed E-state index contributed by atoms with van der Waals surface area (Å²) >= 11 is 0. The standard InChI is InChI=1S/C21H23N3O2/c1-15-20(16(2)26-24-15)11-8-17-6-9-18(10-7-17)21(25)23-14-12-19-5-3-4-13-22-19/h3-7,9-10,13H,8,11-12,14H2,1-2H3,(H,23,25). The van der Waals surface area contributed by atoms with Crippen LogP contribution in [0.1, 0.15) is 38.6 Å². The predicted molar refractivity (Wildman–Crippen MR) is 100 cm³/mol. The number of carbonyl (C=O) groups is 1. The Morgan fingerprint density at radius 1 is 1.04 bits per heavy atom. The maximum atomic E-state index is 12.2. The van der Waals surface area contributed by atoms with Crippen molar-refractivity contribution < 1.29 is 9.32 Å². The maximum absolute atomic E-state index is 12.2. The molecule has 3 aromatic rings. The van der Waals surface area contributed by atoms with Gasteiger partial charge >= 0.3 is 0 Å². The van der Waals surface area contributed by atoms with Crippen LogP contribution in [0.4, 0.5) is 0 Å². The van der Waals surface area contributed by atoms with Gasteiger partial charge in [-0.25, -0.2) is 0 Å². The summed E-state index contributed by atoms with van der Waals surface area (Å²) in [6, 6.07) is 13.6. The van der Waals surface area contributed by atoms with Gasteiger partial charge in [-0.2, -0.15) is 0 Å².